The molecule has 3 rings (SSSR count). The fourth-order valence-electron chi connectivity index (χ4n) is 3.25. The Morgan fingerprint density at radius 3 is 2.50 bits per heavy atom. The molecule has 10 nitrogen and oxygen atoms in total. The van der Waals surface area contributed by atoms with E-state index >= 15 is 4.39 Å². The summed E-state index contributed by atoms with van der Waals surface area (Å²) in [7, 11) is 1.41. The van der Waals surface area contributed by atoms with E-state index < -0.39 is 23.7 Å². The van der Waals surface area contributed by atoms with Gasteiger partial charge in [0.2, 0.25) is 0 Å². The third kappa shape index (κ3) is 7.46. The van der Waals surface area contributed by atoms with E-state index in [1.54, 1.807) is 24.3 Å². The van der Waals surface area contributed by atoms with Crippen LogP contribution in [-0.2, 0) is 4.79 Å². The van der Waals surface area contributed by atoms with Gasteiger partial charge in [0.15, 0.2) is 11.6 Å². The van der Waals surface area contributed by atoms with Gasteiger partial charge < -0.3 is 20.5 Å². The predicted molar refractivity (Wildman–Crippen MR) is 145 cm³/mol. The van der Waals surface area contributed by atoms with E-state index in [0.717, 1.165) is 0 Å². The molecule has 0 spiro atoms. The number of amidine groups is 1. The number of nitrogens with one attached hydrogen (secondary N) is 4. The number of nitrogen functional groups attached to an aromatic ring is 1. The Morgan fingerprint density at radius 2 is 1.89 bits per heavy atom. The van der Waals surface area contributed by atoms with Crippen molar-refractivity contribution in [3.05, 3.63) is 82.4 Å². The van der Waals surface area contributed by atoms with Gasteiger partial charge in [0.05, 0.1) is 24.3 Å². The van der Waals surface area contributed by atoms with Crippen molar-refractivity contribution in [3.63, 3.8) is 0 Å². The number of hydrogen-bond donors (Lipinski definition) is 5. The lowest BCUT2D eigenvalue weighted by atomic mass is 10.0. The van der Waals surface area contributed by atoms with Gasteiger partial charge in [0.1, 0.15) is 17.6 Å². The summed E-state index contributed by atoms with van der Waals surface area (Å²) in [6.45, 7) is 2.13. The normalized spacial score (nSPS) is 10.9. The summed E-state index contributed by atoms with van der Waals surface area (Å²) in [6.07, 6.45) is 3.30. The van der Waals surface area contributed by atoms with Gasteiger partial charge in [-0.05, 0) is 42.8 Å². The first-order valence-corrected chi connectivity index (χ1v) is 11.5. The summed E-state index contributed by atoms with van der Waals surface area (Å²) >= 11 is 6.00. The first kappa shape index (κ1) is 30.1. The van der Waals surface area contributed by atoms with Crippen LogP contribution in [0, 0.1) is 11.2 Å². The van der Waals surface area contributed by atoms with E-state index in [0.29, 0.717) is 17.7 Å². The van der Waals surface area contributed by atoms with Crippen LogP contribution in [0.5, 0.6) is 11.5 Å². The highest BCUT2D eigenvalue weighted by Gasteiger charge is 2.28. The molecule has 0 fully saturated rings. The number of carbonyl (C=O) groups excluding carboxylic acids is 2. The van der Waals surface area contributed by atoms with Crippen molar-refractivity contribution in [2.75, 3.05) is 19.0 Å². The number of ether oxygens (including phenoxy) is 2. The summed E-state index contributed by atoms with van der Waals surface area (Å²) in [5, 5.41) is 10.6. The maximum Gasteiger partial charge on any atom is 0.271 e. The second-order valence-electron chi connectivity index (χ2n) is 7.74. The summed E-state index contributed by atoms with van der Waals surface area (Å²) in [5.74, 6) is -2.20. The van der Waals surface area contributed by atoms with E-state index in [1.165, 1.54) is 37.7 Å². The summed E-state index contributed by atoms with van der Waals surface area (Å²) in [4.78, 5) is 29.6. The SMILES string of the molecule is CCCOc1cc(OC)cc(C(Nc2ccc(C(=N)N)cc2)C(=O)NNC(=O)c2ccncc2Cl)c1F.Cl. The zero-order chi connectivity index (χ0) is 26.9. The second-order valence-corrected chi connectivity index (χ2v) is 8.15. The van der Waals surface area contributed by atoms with E-state index in [4.69, 9.17) is 32.2 Å². The maximum atomic E-state index is 15.6. The molecule has 2 amide bonds. The highest BCUT2D eigenvalue weighted by molar-refractivity contribution is 6.33. The van der Waals surface area contributed by atoms with Crippen molar-refractivity contribution < 1.29 is 23.5 Å². The Bertz CT molecular complexity index is 1290. The van der Waals surface area contributed by atoms with Crippen LogP contribution in [0.15, 0.2) is 54.9 Å². The predicted octanol–water partition coefficient (Wildman–Crippen LogP) is 3.99. The van der Waals surface area contributed by atoms with E-state index in [-0.39, 0.29) is 52.5 Å². The Labute approximate surface area is 230 Å². The number of rotatable bonds is 10. The number of hydrogen-bond acceptors (Lipinski definition) is 7. The molecule has 0 radical (unpaired) electrons. The fraction of sp³-hybridized carbons (Fsp3) is 0.200. The van der Waals surface area contributed by atoms with Gasteiger partial charge in [-0.15, -0.1) is 12.4 Å². The van der Waals surface area contributed by atoms with E-state index in [2.05, 4.69) is 21.2 Å². The molecule has 1 heterocycles. The zero-order valence-corrected chi connectivity index (χ0v) is 22.1. The molecule has 0 bridgehead atoms. The van der Waals surface area contributed by atoms with Gasteiger partial charge in [-0.25, -0.2) is 4.39 Å². The first-order chi connectivity index (χ1) is 17.7. The molecule has 202 valence electrons. The second kappa shape index (κ2) is 14.0. The lowest BCUT2D eigenvalue weighted by Gasteiger charge is -2.22. The van der Waals surface area contributed by atoms with Gasteiger partial charge in [-0.2, -0.15) is 0 Å². The summed E-state index contributed by atoms with van der Waals surface area (Å²) in [6, 6.07) is 9.10. The molecule has 0 saturated carbocycles. The quantitative estimate of drug-likeness (QED) is 0.142. The number of hydrazine groups is 1. The highest BCUT2D eigenvalue weighted by atomic mass is 35.5. The van der Waals surface area contributed by atoms with Crippen molar-refractivity contribution in [2.24, 2.45) is 5.73 Å². The molecule has 0 aliphatic carbocycles. The molecule has 3 aromatic rings. The van der Waals surface area contributed by atoms with Crippen LogP contribution in [0.1, 0.15) is 40.9 Å². The van der Waals surface area contributed by atoms with Crippen molar-refractivity contribution in [2.45, 2.75) is 19.4 Å². The molecule has 1 atom stereocenters. The number of nitrogens with two attached hydrogens (primary N) is 1. The number of aromatic nitrogens is 1. The topological polar surface area (TPSA) is 151 Å². The lowest BCUT2D eigenvalue weighted by Crippen LogP contribution is -2.45. The lowest BCUT2D eigenvalue weighted by molar-refractivity contribution is -0.122. The van der Waals surface area contributed by atoms with Gasteiger partial charge in [-0.3, -0.25) is 30.8 Å². The molecule has 2 aromatic carbocycles. The number of carbonyl (C=O) groups is 2. The van der Waals surface area contributed by atoms with Crippen LogP contribution in [0.25, 0.3) is 0 Å². The van der Waals surface area contributed by atoms with Crippen molar-refractivity contribution in [1.29, 1.82) is 5.41 Å². The third-order valence-corrected chi connectivity index (χ3v) is 5.44. The number of amides is 2. The van der Waals surface area contributed by atoms with Gasteiger partial charge in [0.25, 0.3) is 11.8 Å². The van der Waals surface area contributed by atoms with Crippen LogP contribution in [-0.4, -0.2) is 36.4 Å². The number of pyridine rings is 1. The number of methoxy groups -OCH3 is 1. The standard InChI is InChI=1S/C25H26ClFN6O4.ClH/c1-3-10-37-20-12-16(36-2)11-18(21(20)27)22(31-15-6-4-14(5-7-15)23(28)29)25(35)33-32-24(34)17-8-9-30-13-19(17)26;/h4-9,11-13,22,31H,3,10H2,1-2H3,(H3,28,29)(H,32,34)(H,33,35);1H. The molecule has 38 heavy (non-hydrogen) atoms. The molecule has 0 saturated heterocycles. The monoisotopic (exact) mass is 564 g/mol. The van der Waals surface area contributed by atoms with E-state index in [9.17, 15) is 9.59 Å². The van der Waals surface area contributed by atoms with Crippen molar-refractivity contribution in [3.8, 4) is 11.5 Å². The van der Waals surface area contributed by atoms with Crippen molar-refractivity contribution in [1.82, 2.24) is 15.8 Å². The van der Waals surface area contributed by atoms with Crippen LogP contribution >= 0.6 is 24.0 Å². The third-order valence-electron chi connectivity index (χ3n) is 5.13. The minimum Gasteiger partial charge on any atom is -0.497 e. The molecular formula is C25H27Cl2FN6O4. The number of anilines is 1. The maximum absolute atomic E-state index is 15.6. The van der Waals surface area contributed by atoms with Gasteiger partial charge in [-0.1, -0.05) is 18.5 Å². The Hall–Kier alpha value is -4.09. The highest BCUT2D eigenvalue weighted by Crippen LogP contribution is 2.33. The molecule has 13 heteroatoms. The minimum atomic E-state index is -1.34. The van der Waals surface area contributed by atoms with Gasteiger partial charge >= 0.3 is 0 Å². The largest absolute Gasteiger partial charge is 0.497 e. The first-order valence-electron chi connectivity index (χ1n) is 11.2. The van der Waals surface area contributed by atoms with Crippen LogP contribution in [0.4, 0.5) is 10.1 Å². The smallest absolute Gasteiger partial charge is 0.271 e. The summed E-state index contributed by atoms with van der Waals surface area (Å²) < 4.78 is 26.4. The van der Waals surface area contributed by atoms with Crippen LogP contribution in [0.3, 0.4) is 0 Å². The molecule has 0 aliphatic rings. The van der Waals surface area contributed by atoms with Crippen molar-refractivity contribution >= 4 is 47.3 Å². The Morgan fingerprint density at radius 1 is 1.18 bits per heavy atom. The van der Waals surface area contributed by atoms with Gasteiger partial charge in [0, 0.05) is 35.3 Å². The fourth-order valence-corrected chi connectivity index (χ4v) is 3.46. The number of benzene rings is 2. The molecular weight excluding hydrogens is 538 g/mol. The average molecular weight is 565 g/mol. The van der Waals surface area contributed by atoms with E-state index in [1.807, 2.05) is 6.92 Å². The number of nitrogens with zero attached hydrogens (tertiary/aromatic N) is 1. The molecule has 1 unspecified atom stereocenters. The molecule has 1 aromatic heterocycles. The summed E-state index contributed by atoms with van der Waals surface area (Å²) in [5.41, 5.74) is 11.0. The van der Waals surface area contributed by atoms with Crippen LogP contribution < -0.4 is 31.4 Å². The minimum absolute atomic E-state index is 0. The number of halogens is 3. The zero-order valence-electron chi connectivity index (χ0n) is 20.5. The Kier molecular flexibility index (Phi) is 11.1. The molecule has 6 N–H and O–H groups in total. The molecule has 0 aliphatic heterocycles. The van der Waals surface area contributed by atoms with Crippen LogP contribution in [0.2, 0.25) is 5.02 Å². The Balaban J connectivity index is 0.00000507. The average Bonchev–Trinajstić information content (AvgIpc) is 2.90.